The van der Waals surface area contributed by atoms with Crippen LogP contribution in [0, 0.1) is 11.8 Å². The zero-order chi connectivity index (χ0) is 21.1. The summed E-state index contributed by atoms with van der Waals surface area (Å²) >= 11 is 0. The largest absolute Gasteiger partial charge is 0.478 e. The third-order valence-electron chi connectivity index (χ3n) is 6.51. The Kier molecular flexibility index (Phi) is 6.21. The zero-order valence-electron chi connectivity index (χ0n) is 17.4. The lowest BCUT2D eigenvalue weighted by Gasteiger charge is -2.16. The highest BCUT2D eigenvalue weighted by Crippen LogP contribution is 2.37. The lowest BCUT2D eigenvalue weighted by atomic mass is 9.88. The summed E-state index contributed by atoms with van der Waals surface area (Å²) < 4.78 is 0. The predicted octanol–water partition coefficient (Wildman–Crippen LogP) is 6.22. The van der Waals surface area contributed by atoms with Gasteiger partial charge in [0.1, 0.15) is 0 Å². The van der Waals surface area contributed by atoms with Gasteiger partial charge in [-0.3, -0.25) is 0 Å². The minimum absolute atomic E-state index is 0.317. The molecule has 158 valence electrons. The summed E-state index contributed by atoms with van der Waals surface area (Å²) in [6.07, 6.45) is 11.5. The Bertz CT molecular complexity index is 861. The van der Waals surface area contributed by atoms with Gasteiger partial charge in [-0.2, -0.15) is 0 Å². The summed E-state index contributed by atoms with van der Waals surface area (Å²) in [5, 5.41) is 18.9. The summed E-state index contributed by atoms with van der Waals surface area (Å²) in [5.74, 6) is -0.111. The SMILES string of the molecule is O=C(O)c1ccc(-c2ccc(C(=O)O)cc2CCCC2CC2)c(CCCC2CC2)c1. The highest BCUT2D eigenvalue weighted by molar-refractivity contribution is 5.91. The first-order valence-electron chi connectivity index (χ1n) is 11.2. The maximum atomic E-state index is 11.5. The van der Waals surface area contributed by atoms with Crippen LogP contribution in [0.4, 0.5) is 0 Å². The molecular formula is C26H30O4. The van der Waals surface area contributed by atoms with E-state index in [2.05, 4.69) is 0 Å². The minimum atomic E-state index is -0.907. The Labute approximate surface area is 177 Å². The molecule has 0 heterocycles. The number of carboxylic acid groups (broad SMARTS) is 2. The van der Waals surface area contributed by atoms with Crippen LogP contribution in [0.3, 0.4) is 0 Å². The first-order chi connectivity index (χ1) is 14.5. The lowest BCUT2D eigenvalue weighted by Crippen LogP contribution is -2.03. The lowest BCUT2D eigenvalue weighted by molar-refractivity contribution is 0.0686. The Morgan fingerprint density at radius 3 is 1.43 bits per heavy atom. The fourth-order valence-corrected chi connectivity index (χ4v) is 4.37. The number of rotatable bonds is 11. The standard InChI is InChI=1S/C26H30O4/c27-25(28)21-11-13-23(19(15-21)5-1-3-17-7-8-17)24-14-12-22(26(29)30)16-20(24)6-2-4-18-9-10-18/h11-18H,1-10H2,(H,27,28)(H,29,30). The van der Waals surface area contributed by atoms with E-state index in [1.807, 2.05) is 24.3 Å². The van der Waals surface area contributed by atoms with Crippen molar-refractivity contribution in [2.24, 2.45) is 11.8 Å². The van der Waals surface area contributed by atoms with E-state index in [4.69, 9.17) is 0 Å². The molecule has 2 N–H and O–H groups in total. The number of carbonyl (C=O) groups is 2. The molecule has 0 spiro atoms. The van der Waals surface area contributed by atoms with Crippen LogP contribution in [0.15, 0.2) is 36.4 Å². The molecule has 0 atom stereocenters. The molecular weight excluding hydrogens is 376 g/mol. The number of aryl methyl sites for hydroxylation is 2. The smallest absolute Gasteiger partial charge is 0.335 e. The summed E-state index contributed by atoms with van der Waals surface area (Å²) in [6, 6.07) is 10.8. The van der Waals surface area contributed by atoms with Crippen molar-refractivity contribution in [3.8, 4) is 11.1 Å². The molecule has 2 aromatic carbocycles. The zero-order valence-corrected chi connectivity index (χ0v) is 17.4. The van der Waals surface area contributed by atoms with Gasteiger partial charge < -0.3 is 10.2 Å². The maximum Gasteiger partial charge on any atom is 0.335 e. The molecule has 0 unspecified atom stereocenters. The number of hydrogen-bond donors (Lipinski definition) is 2. The second-order valence-electron chi connectivity index (χ2n) is 9.03. The molecule has 0 bridgehead atoms. The molecule has 4 rings (SSSR count). The highest BCUT2D eigenvalue weighted by atomic mass is 16.4. The van der Waals surface area contributed by atoms with Gasteiger partial charge in [0.15, 0.2) is 0 Å². The van der Waals surface area contributed by atoms with Gasteiger partial charge in [-0.05, 0) is 84.0 Å². The van der Waals surface area contributed by atoms with E-state index in [1.54, 1.807) is 12.1 Å². The van der Waals surface area contributed by atoms with Crippen molar-refractivity contribution in [1.82, 2.24) is 0 Å². The number of carboxylic acids is 2. The molecule has 2 aliphatic carbocycles. The maximum absolute atomic E-state index is 11.5. The van der Waals surface area contributed by atoms with Gasteiger partial charge in [0.05, 0.1) is 11.1 Å². The highest BCUT2D eigenvalue weighted by Gasteiger charge is 2.22. The van der Waals surface area contributed by atoms with Crippen LogP contribution in [0.1, 0.15) is 83.2 Å². The fraction of sp³-hybridized carbons (Fsp3) is 0.462. The van der Waals surface area contributed by atoms with Crippen LogP contribution in [-0.2, 0) is 12.8 Å². The van der Waals surface area contributed by atoms with Gasteiger partial charge in [-0.15, -0.1) is 0 Å². The van der Waals surface area contributed by atoms with Gasteiger partial charge in [-0.25, -0.2) is 9.59 Å². The molecule has 0 aliphatic heterocycles. The average molecular weight is 407 g/mol. The second kappa shape index (κ2) is 9.03. The van der Waals surface area contributed by atoms with Crippen LogP contribution in [0.2, 0.25) is 0 Å². The monoisotopic (exact) mass is 406 g/mol. The molecule has 2 aromatic rings. The summed E-state index contributed by atoms with van der Waals surface area (Å²) in [6.45, 7) is 0. The Balaban J connectivity index is 1.65. The Morgan fingerprint density at radius 1 is 0.700 bits per heavy atom. The molecule has 0 saturated heterocycles. The van der Waals surface area contributed by atoms with Crippen LogP contribution in [0.25, 0.3) is 11.1 Å². The van der Waals surface area contributed by atoms with Gasteiger partial charge in [0.25, 0.3) is 0 Å². The fourth-order valence-electron chi connectivity index (χ4n) is 4.37. The summed E-state index contributed by atoms with van der Waals surface area (Å²) in [4.78, 5) is 23.1. The van der Waals surface area contributed by atoms with E-state index >= 15 is 0 Å². The summed E-state index contributed by atoms with van der Waals surface area (Å²) in [5.41, 5.74) is 4.85. The quantitative estimate of drug-likeness (QED) is 0.465. The number of hydrogen-bond acceptors (Lipinski definition) is 2. The van der Waals surface area contributed by atoms with E-state index in [1.165, 1.54) is 38.5 Å². The van der Waals surface area contributed by atoms with Crippen molar-refractivity contribution in [2.45, 2.75) is 64.2 Å². The molecule has 2 aliphatic rings. The number of aromatic carboxylic acids is 2. The topological polar surface area (TPSA) is 74.6 Å². The van der Waals surface area contributed by atoms with Gasteiger partial charge in [-0.1, -0.05) is 50.7 Å². The molecule has 0 amide bonds. The molecule has 0 radical (unpaired) electrons. The third-order valence-corrected chi connectivity index (χ3v) is 6.51. The van der Waals surface area contributed by atoms with Crippen molar-refractivity contribution >= 4 is 11.9 Å². The summed E-state index contributed by atoms with van der Waals surface area (Å²) in [7, 11) is 0. The van der Waals surface area contributed by atoms with Gasteiger partial charge in [0.2, 0.25) is 0 Å². The van der Waals surface area contributed by atoms with Gasteiger partial charge in [0, 0.05) is 0 Å². The Morgan fingerprint density at radius 2 is 1.10 bits per heavy atom. The van der Waals surface area contributed by atoms with E-state index < -0.39 is 11.9 Å². The van der Waals surface area contributed by atoms with Crippen LogP contribution in [-0.4, -0.2) is 22.2 Å². The van der Waals surface area contributed by atoms with Crippen molar-refractivity contribution in [3.05, 3.63) is 58.7 Å². The van der Waals surface area contributed by atoms with E-state index in [-0.39, 0.29) is 0 Å². The van der Waals surface area contributed by atoms with Gasteiger partial charge >= 0.3 is 11.9 Å². The molecule has 2 saturated carbocycles. The van der Waals surface area contributed by atoms with Crippen molar-refractivity contribution < 1.29 is 19.8 Å². The van der Waals surface area contributed by atoms with Crippen molar-refractivity contribution in [3.63, 3.8) is 0 Å². The van der Waals surface area contributed by atoms with E-state index in [0.29, 0.717) is 11.1 Å². The predicted molar refractivity (Wildman–Crippen MR) is 117 cm³/mol. The molecule has 30 heavy (non-hydrogen) atoms. The van der Waals surface area contributed by atoms with E-state index in [9.17, 15) is 19.8 Å². The number of benzene rings is 2. The Hall–Kier alpha value is -2.62. The molecule has 2 fully saturated rings. The normalized spacial score (nSPS) is 15.9. The minimum Gasteiger partial charge on any atom is -0.478 e. The molecule has 4 heteroatoms. The first-order valence-corrected chi connectivity index (χ1v) is 11.2. The third kappa shape index (κ3) is 5.29. The van der Waals surface area contributed by atoms with Crippen molar-refractivity contribution in [1.29, 1.82) is 0 Å². The van der Waals surface area contributed by atoms with E-state index in [0.717, 1.165) is 59.8 Å². The average Bonchev–Trinajstić information content (AvgIpc) is 3.63. The second-order valence-corrected chi connectivity index (χ2v) is 9.03. The molecule has 4 nitrogen and oxygen atoms in total. The molecule has 0 aromatic heterocycles. The van der Waals surface area contributed by atoms with Crippen LogP contribution in [0.5, 0.6) is 0 Å². The van der Waals surface area contributed by atoms with Crippen LogP contribution < -0.4 is 0 Å². The first kappa shape index (κ1) is 20.6. The van der Waals surface area contributed by atoms with Crippen molar-refractivity contribution in [2.75, 3.05) is 0 Å². The van der Waals surface area contributed by atoms with Crippen LogP contribution >= 0.6 is 0 Å².